The van der Waals surface area contributed by atoms with E-state index < -0.39 is 5.54 Å². The van der Waals surface area contributed by atoms with Crippen LogP contribution in [0.2, 0.25) is 5.02 Å². The van der Waals surface area contributed by atoms with Crippen molar-refractivity contribution in [3.8, 4) is 16.9 Å². The summed E-state index contributed by atoms with van der Waals surface area (Å²) in [4.78, 5) is 13.8. The van der Waals surface area contributed by atoms with E-state index in [4.69, 9.17) is 21.7 Å². The molecule has 1 aromatic heterocycles. The molecule has 0 unspecified atom stereocenters. The third-order valence-electron chi connectivity index (χ3n) is 5.34. The van der Waals surface area contributed by atoms with Gasteiger partial charge in [0, 0.05) is 43.1 Å². The van der Waals surface area contributed by atoms with Gasteiger partial charge in [0.25, 0.3) is 0 Å². The van der Waals surface area contributed by atoms with E-state index in [1.54, 1.807) is 25.5 Å². The molecule has 0 spiro atoms. The monoisotopic (exact) mass is 491 g/mol. The van der Waals surface area contributed by atoms with Crippen LogP contribution < -0.4 is 10.1 Å². The molecule has 0 saturated carbocycles. The molecule has 1 amide bonds. The third kappa shape index (κ3) is 3.41. The van der Waals surface area contributed by atoms with Crippen molar-refractivity contribution in [1.29, 1.82) is 5.41 Å². The first-order chi connectivity index (χ1) is 13.7. The number of guanidine groups is 1. The summed E-state index contributed by atoms with van der Waals surface area (Å²) >= 11 is 11.8. The molecule has 2 N–H and O–H groups in total. The smallest absolute Gasteiger partial charge is 0.231 e. The molecular formula is C21H19BrClN3O2S. The van der Waals surface area contributed by atoms with Crippen LogP contribution in [0, 0.1) is 5.41 Å². The SMILES string of the molecule is COc1ccc(Cl)c(-c2cc([C@]3(C)CC(=O)N(C)C(=N)N3)cc3c(Br)csc23)c1. The fourth-order valence-corrected chi connectivity index (χ4v) is 5.46. The number of hydrogen-bond donors (Lipinski definition) is 2. The van der Waals surface area contributed by atoms with Crippen LogP contribution in [-0.2, 0) is 10.3 Å². The van der Waals surface area contributed by atoms with Crippen molar-refractivity contribution in [2.75, 3.05) is 14.2 Å². The molecule has 1 atom stereocenters. The number of nitrogens with zero attached hydrogens (tertiary/aromatic N) is 1. The number of fused-ring (bicyclic) bond motifs is 1. The van der Waals surface area contributed by atoms with E-state index in [2.05, 4.69) is 33.4 Å². The zero-order chi connectivity index (χ0) is 20.9. The average molecular weight is 493 g/mol. The molecule has 29 heavy (non-hydrogen) atoms. The van der Waals surface area contributed by atoms with Crippen molar-refractivity contribution < 1.29 is 9.53 Å². The van der Waals surface area contributed by atoms with Gasteiger partial charge < -0.3 is 10.1 Å². The third-order valence-corrected chi connectivity index (χ3v) is 7.65. The number of ether oxygens (including phenoxy) is 1. The van der Waals surface area contributed by atoms with Gasteiger partial charge in [-0.25, -0.2) is 0 Å². The lowest BCUT2D eigenvalue weighted by Gasteiger charge is -2.39. The Morgan fingerprint density at radius 1 is 1.31 bits per heavy atom. The first-order valence-electron chi connectivity index (χ1n) is 8.92. The van der Waals surface area contributed by atoms with Gasteiger partial charge in [0.05, 0.1) is 19.1 Å². The average Bonchev–Trinajstić information content (AvgIpc) is 3.07. The number of amides is 1. The molecule has 0 aliphatic carbocycles. The minimum absolute atomic E-state index is 0.0918. The number of benzene rings is 2. The molecule has 3 aromatic rings. The van der Waals surface area contributed by atoms with Crippen molar-refractivity contribution in [3.05, 3.63) is 50.8 Å². The Hall–Kier alpha value is -2.09. The van der Waals surface area contributed by atoms with E-state index in [1.165, 1.54) is 4.90 Å². The first kappa shape index (κ1) is 20.2. The normalized spacial score (nSPS) is 19.6. The number of halogens is 2. The summed E-state index contributed by atoms with van der Waals surface area (Å²) in [6, 6.07) is 9.71. The standard InChI is InChI=1S/C21H19BrClN3O2S/c1-21(9-18(27)26(2)20(24)25-21)11-6-14(19-15(7-11)16(22)10-29-19)13-8-12(28-3)4-5-17(13)23/h4-8,10H,9H2,1-3H3,(H2,24,25)/t21-/m0/s1. The Morgan fingerprint density at radius 2 is 2.07 bits per heavy atom. The molecule has 1 aliphatic rings. The molecule has 0 radical (unpaired) electrons. The summed E-state index contributed by atoms with van der Waals surface area (Å²) in [6.07, 6.45) is 0.254. The second-order valence-electron chi connectivity index (χ2n) is 7.27. The summed E-state index contributed by atoms with van der Waals surface area (Å²) in [7, 11) is 3.23. The van der Waals surface area contributed by atoms with E-state index in [1.807, 2.05) is 30.5 Å². The minimum Gasteiger partial charge on any atom is -0.497 e. The van der Waals surface area contributed by atoms with E-state index >= 15 is 0 Å². The number of rotatable bonds is 3. The van der Waals surface area contributed by atoms with Crippen LogP contribution in [-0.4, -0.2) is 30.9 Å². The molecule has 2 heterocycles. The summed E-state index contributed by atoms with van der Waals surface area (Å²) < 4.78 is 7.48. The summed E-state index contributed by atoms with van der Waals surface area (Å²) in [5.74, 6) is 0.718. The van der Waals surface area contributed by atoms with Crippen molar-refractivity contribution >= 4 is 60.8 Å². The van der Waals surface area contributed by atoms with E-state index in [0.29, 0.717) is 5.02 Å². The van der Waals surface area contributed by atoms with Crippen LogP contribution in [0.15, 0.2) is 40.2 Å². The predicted molar refractivity (Wildman–Crippen MR) is 122 cm³/mol. The van der Waals surface area contributed by atoms with E-state index in [-0.39, 0.29) is 18.3 Å². The molecule has 0 bridgehead atoms. The molecule has 8 heteroatoms. The van der Waals surface area contributed by atoms with Crippen LogP contribution in [0.5, 0.6) is 5.75 Å². The van der Waals surface area contributed by atoms with Crippen LogP contribution in [0.4, 0.5) is 0 Å². The molecule has 5 nitrogen and oxygen atoms in total. The van der Waals surface area contributed by atoms with Crippen molar-refractivity contribution in [2.24, 2.45) is 0 Å². The second-order valence-corrected chi connectivity index (χ2v) is 9.41. The van der Waals surface area contributed by atoms with Crippen LogP contribution in [0.25, 0.3) is 21.2 Å². The summed E-state index contributed by atoms with van der Waals surface area (Å²) in [5.41, 5.74) is 2.06. The Morgan fingerprint density at radius 3 is 2.76 bits per heavy atom. The highest BCUT2D eigenvalue weighted by Gasteiger charge is 2.38. The fourth-order valence-electron chi connectivity index (χ4n) is 3.57. The second kappa shape index (κ2) is 7.31. The Bertz CT molecular complexity index is 1140. The maximum absolute atomic E-state index is 12.5. The number of nitrogens with one attached hydrogen (secondary N) is 2. The molecule has 2 aromatic carbocycles. The van der Waals surface area contributed by atoms with Gasteiger partial charge in [0.2, 0.25) is 5.91 Å². The Kier molecular flexibility index (Phi) is 5.09. The number of methoxy groups -OCH3 is 1. The van der Waals surface area contributed by atoms with Gasteiger partial charge in [-0.1, -0.05) is 11.6 Å². The molecule has 1 saturated heterocycles. The van der Waals surface area contributed by atoms with E-state index in [0.717, 1.165) is 37.0 Å². The quantitative estimate of drug-likeness (QED) is 0.500. The van der Waals surface area contributed by atoms with Gasteiger partial charge >= 0.3 is 0 Å². The lowest BCUT2D eigenvalue weighted by Crippen LogP contribution is -2.58. The van der Waals surface area contributed by atoms with Crippen LogP contribution in [0.3, 0.4) is 0 Å². The highest BCUT2D eigenvalue weighted by atomic mass is 79.9. The zero-order valence-corrected chi connectivity index (χ0v) is 19.3. The minimum atomic E-state index is -0.698. The number of carbonyl (C=O) groups is 1. The maximum Gasteiger partial charge on any atom is 0.231 e. The lowest BCUT2D eigenvalue weighted by atomic mass is 9.84. The zero-order valence-electron chi connectivity index (χ0n) is 16.1. The first-order valence-corrected chi connectivity index (χ1v) is 11.0. The lowest BCUT2D eigenvalue weighted by molar-refractivity contribution is -0.129. The van der Waals surface area contributed by atoms with Gasteiger partial charge in [0.15, 0.2) is 5.96 Å². The van der Waals surface area contributed by atoms with Gasteiger partial charge in [-0.3, -0.25) is 15.1 Å². The van der Waals surface area contributed by atoms with Gasteiger partial charge in [0.1, 0.15) is 5.75 Å². The molecule has 1 fully saturated rings. The Labute approximate surface area is 186 Å². The molecule has 1 aliphatic heterocycles. The van der Waals surface area contributed by atoms with Crippen LogP contribution in [0.1, 0.15) is 18.9 Å². The molecular weight excluding hydrogens is 474 g/mol. The Balaban J connectivity index is 1.96. The highest BCUT2D eigenvalue weighted by Crippen LogP contribution is 2.44. The van der Waals surface area contributed by atoms with Gasteiger partial charge in [-0.2, -0.15) is 0 Å². The largest absolute Gasteiger partial charge is 0.497 e. The summed E-state index contributed by atoms with van der Waals surface area (Å²) in [6.45, 7) is 1.95. The molecule has 150 valence electrons. The molecule has 4 rings (SSSR count). The topological polar surface area (TPSA) is 65.4 Å². The number of thiophene rings is 1. The fraction of sp³-hybridized carbons (Fsp3) is 0.238. The van der Waals surface area contributed by atoms with Crippen molar-refractivity contribution in [3.63, 3.8) is 0 Å². The van der Waals surface area contributed by atoms with Gasteiger partial charge in [-0.15, -0.1) is 11.3 Å². The predicted octanol–water partition coefficient (Wildman–Crippen LogP) is 5.59. The van der Waals surface area contributed by atoms with Crippen molar-refractivity contribution in [2.45, 2.75) is 18.9 Å². The van der Waals surface area contributed by atoms with E-state index in [9.17, 15) is 4.79 Å². The maximum atomic E-state index is 12.5. The van der Waals surface area contributed by atoms with Crippen LogP contribution >= 0.6 is 38.9 Å². The number of carbonyl (C=O) groups excluding carboxylic acids is 1. The van der Waals surface area contributed by atoms with Gasteiger partial charge in [-0.05, 0) is 58.7 Å². The van der Waals surface area contributed by atoms with Crippen molar-refractivity contribution in [1.82, 2.24) is 10.2 Å². The number of hydrogen-bond acceptors (Lipinski definition) is 4. The summed E-state index contributed by atoms with van der Waals surface area (Å²) in [5, 5.41) is 15.1. The highest BCUT2D eigenvalue weighted by molar-refractivity contribution is 9.10.